The summed E-state index contributed by atoms with van der Waals surface area (Å²) in [5.74, 6) is 0. The molecule has 0 fully saturated rings. The van der Waals surface area contributed by atoms with Gasteiger partial charge in [-0.25, -0.2) is 0 Å². The molecule has 1 nitrogen and oxygen atoms in total. The zero-order valence-corrected chi connectivity index (χ0v) is 5.16. The molecule has 0 aromatic rings. The largest absolute Gasteiger partial charge is 0.366 e. The number of hydrogen-bond donors (Lipinski definition) is 1. The van der Waals surface area contributed by atoms with E-state index in [4.69, 9.17) is 7.98 Å². The minimum Gasteiger partial charge on any atom is -0.366 e. The van der Waals surface area contributed by atoms with Crippen LogP contribution in [0.25, 0.3) is 0 Å². The average Bonchev–Trinajstić information content (AvgIpc) is 1.61. The van der Waals surface area contributed by atoms with Gasteiger partial charge in [-0.3, -0.25) is 0 Å². The summed E-state index contributed by atoms with van der Waals surface area (Å²) < 4.78 is 0. The SMILES string of the molecule is [B]NCCCBr. The molecule has 0 aliphatic carbocycles. The minimum atomic E-state index is 0.894. The lowest BCUT2D eigenvalue weighted by molar-refractivity contribution is 0.881. The standard InChI is InChI=1S/C3H7BBrN/c4-6-3-1-2-5/h6H,1-3H2. The van der Waals surface area contributed by atoms with Gasteiger partial charge in [0.25, 0.3) is 0 Å². The molecule has 6 heavy (non-hydrogen) atoms. The van der Waals surface area contributed by atoms with Crippen molar-refractivity contribution in [2.75, 3.05) is 11.9 Å². The van der Waals surface area contributed by atoms with Crippen LogP contribution in [-0.4, -0.2) is 19.9 Å². The van der Waals surface area contributed by atoms with Crippen LogP contribution in [-0.2, 0) is 0 Å². The molecule has 0 unspecified atom stereocenters. The maximum absolute atomic E-state index is 4.94. The third kappa shape index (κ3) is 4.50. The Hall–Kier alpha value is 0.505. The number of hydrogen-bond acceptors (Lipinski definition) is 1. The van der Waals surface area contributed by atoms with Crippen LogP contribution in [0.5, 0.6) is 0 Å². The molecular weight excluding hydrogens is 141 g/mol. The second-order valence-electron chi connectivity index (χ2n) is 0.997. The number of halogens is 1. The predicted octanol–water partition coefficient (Wildman–Crippen LogP) is 0.445. The molecule has 0 saturated carbocycles. The van der Waals surface area contributed by atoms with Crippen molar-refractivity contribution in [3.8, 4) is 0 Å². The fraction of sp³-hybridized carbons (Fsp3) is 1.00. The first kappa shape index (κ1) is 6.50. The first-order chi connectivity index (χ1) is 2.91. The predicted molar refractivity (Wildman–Crippen MR) is 32.2 cm³/mol. The molecule has 34 valence electrons. The summed E-state index contributed by atoms with van der Waals surface area (Å²) in [6, 6.07) is 0. The second kappa shape index (κ2) is 5.50. The quantitative estimate of drug-likeness (QED) is 0.347. The Balaban J connectivity index is 2.34. The lowest BCUT2D eigenvalue weighted by Crippen LogP contribution is -2.09. The van der Waals surface area contributed by atoms with Gasteiger partial charge in [0.2, 0.25) is 0 Å². The van der Waals surface area contributed by atoms with Gasteiger partial charge in [-0.2, -0.15) is 0 Å². The fourth-order valence-corrected chi connectivity index (χ4v) is 0.449. The fourth-order valence-electron chi connectivity index (χ4n) is 0.169. The molecule has 3 heteroatoms. The van der Waals surface area contributed by atoms with Crippen LogP contribution >= 0.6 is 15.9 Å². The number of rotatable bonds is 3. The van der Waals surface area contributed by atoms with Crippen molar-refractivity contribution in [2.24, 2.45) is 0 Å². The number of alkyl halides is 1. The van der Waals surface area contributed by atoms with E-state index in [0.717, 1.165) is 18.3 Å². The molecule has 0 atom stereocenters. The van der Waals surface area contributed by atoms with E-state index in [-0.39, 0.29) is 0 Å². The molecule has 0 aromatic carbocycles. The van der Waals surface area contributed by atoms with Crippen molar-refractivity contribution in [1.29, 1.82) is 0 Å². The van der Waals surface area contributed by atoms with Gasteiger partial charge in [-0.15, -0.1) is 0 Å². The Labute approximate surface area is 48.1 Å². The van der Waals surface area contributed by atoms with Crippen LogP contribution < -0.4 is 5.23 Å². The maximum atomic E-state index is 4.94. The topological polar surface area (TPSA) is 12.0 Å². The van der Waals surface area contributed by atoms with E-state index in [9.17, 15) is 0 Å². The van der Waals surface area contributed by atoms with Gasteiger partial charge in [0.15, 0.2) is 7.98 Å². The third-order valence-electron chi connectivity index (χ3n) is 0.455. The Bertz CT molecular complexity index is 22.8. The molecule has 1 N–H and O–H groups in total. The monoisotopic (exact) mass is 147 g/mol. The summed E-state index contributed by atoms with van der Waals surface area (Å²) in [6.45, 7) is 0.894. The van der Waals surface area contributed by atoms with Crippen LogP contribution in [0.3, 0.4) is 0 Å². The van der Waals surface area contributed by atoms with Crippen LogP contribution in [0.2, 0.25) is 0 Å². The molecule has 0 aliphatic rings. The lowest BCUT2D eigenvalue weighted by atomic mass is 10.4. The zero-order chi connectivity index (χ0) is 4.83. The summed E-state index contributed by atoms with van der Waals surface area (Å²) in [5.41, 5.74) is 0. The minimum absolute atomic E-state index is 0.894. The second-order valence-corrected chi connectivity index (χ2v) is 1.79. The van der Waals surface area contributed by atoms with Crippen LogP contribution in [0.1, 0.15) is 6.42 Å². The Morgan fingerprint density at radius 3 is 2.50 bits per heavy atom. The van der Waals surface area contributed by atoms with Gasteiger partial charge in [-0.05, 0) is 13.0 Å². The van der Waals surface area contributed by atoms with E-state index in [0.29, 0.717) is 0 Å². The van der Waals surface area contributed by atoms with Crippen molar-refractivity contribution >= 4 is 23.9 Å². The molecular formula is C3H7BBrN. The van der Waals surface area contributed by atoms with Crippen LogP contribution in [0.15, 0.2) is 0 Å². The van der Waals surface area contributed by atoms with E-state index in [1.54, 1.807) is 0 Å². The van der Waals surface area contributed by atoms with Gasteiger partial charge in [0.1, 0.15) is 0 Å². The molecule has 0 bridgehead atoms. The van der Waals surface area contributed by atoms with Gasteiger partial charge < -0.3 is 5.23 Å². The maximum Gasteiger partial charge on any atom is 0.177 e. The van der Waals surface area contributed by atoms with Crippen LogP contribution in [0.4, 0.5) is 0 Å². The van der Waals surface area contributed by atoms with Gasteiger partial charge in [0.05, 0.1) is 0 Å². The molecule has 0 spiro atoms. The van der Waals surface area contributed by atoms with Crippen molar-refractivity contribution < 1.29 is 0 Å². The summed E-state index contributed by atoms with van der Waals surface area (Å²) in [7, 11) is 4.94. The highest BCUT2D eigenvalue weighted by atomic mass is 79.9. The molecule has 0 rings (SSSR count). The molecule has 0 saturated heterocycles. The summed E-state index contributed by atoms with van der Waals surface area (Å²) in [4.78, 5) is 0. The molecule has 2 radical (unpaired) electrons. The van der Waals surface area contributed by atoms with Crippen molar-refractivity contribution in [2.45, 2.75) is 6.42 Å². The number of nitrogens with one attached hydrogen (secondary N) is 1. The summed E-state index contributed by atoms with van der Waals surface area (Å²) in [5, 5.41) is 3.56. The van der Waals surface area contributed by atoms with Crippen molar-refractivity contribution in [1.82, 2.24) is 5.23 Å². The Morgan fingerprint density at radius 2 is 2.33 bits per heavy atom. The first-order valence-corrected chi connectivity index (χ1v) is 3.03. The summed E-state index contributed by atoms with van der Waals surface area (Å²) in [6.07, 6.45) is 1.09. The average molecular weight is 148 g/mol. The van der Waals surface area contributed by atoms with E-state index in [1.165, 1.54) is 0 Å². The van der Waals surface area contributed by atoms with Crippen molar-refractivity contribution in [3.63, 3.8) is 0 Å². The summed E-state index contributed by atoms with van der Waals surface area (Å²) >= 11 is 3.25. The lowest BCUT2D eigenvalue weighted by Gasteiger charge is -1.89. The molecule has 0 amide bonds. The van der Waals surface area contributed by atoms with Gasteiger partial charge in [-0.1, -0.05) is 15.9 Å². The zero-order valence-electron chi connectivity index (χ0n) is 3.58. The highest BCUT2D eigenvalue weighted by Gasteiger charge is 1.74. The third-order valence-corrected chi connectivity index (χ3v) is 1.02. The van der Waals surface area contributed by atoms with Crippen molar-refractivity contribution in [3.05, 3.63) is 0 Å². The first-order valence-electron chi connectivity index (χ1n) is 1.91. The van der Waals surface area contributed by atoms with E-state index >= 15 is 0 Å². The molecule has 0 aromatic heterocycles. The van der Waals surface area contributed by atoms with E-state index in [2.05, 4.69) is 21.2 Å². The van der Waals surface area contributed by atoms with Gasteiger partial charge in [0, 0.05) is 5.33 Å². The Kier molecular flexibility index (Phi) is 5.97. The van der Waals surface area contributed by atoms with Gasteiger partial charge >= 0.3 is 0 Å². The van der Waals surface area contributed by atoms with E-state index in [1.807, 2.05) is 0 Å². The van der Waals surface area contributed by atoms with E-state index < -0.39 is 0 Å². The van der Waals surface area contributed by atoms with Crippen LogP contribution in [0, 0.1) is 0 Å². The normalized spacial score (nSPS) is 8.83. The highest BCUT2D eigenvalue weighted by molar-refractivity contribution is 9.09. The smallest absolute Gasteiger partial charge is 0.177 e. The highest BCUT2D eigenvalue weighted by Crippen LogP contribution is 1.82. The molecule has 0 heterocycles. The Morgan fingerprint density at radius 1 is 1.67 bits per heavy atom. The molecule has 0 aliphatic heterocycles.